The van der Waals surface area contributed by atoms with E-state index in [2.05, 4.69) is 0 Å². The lowest BCUT2D eigenvalue weighted by Gasteiger charge is -2.12. The molecule has 0 saturated heterocycles. The van der Waals surface area contributed by atoms with Gasteiger partial charge in [-0.1, -0.05) is 6.07 Å². The number of ether oxygens (including phenoxy) is 1. The summed E-state index contributed by atoms with van der Waals surface area (Å²) in [6.07, 6.45) is 0.605. The fourth-order valence-electron chi connectivity index (χ4n) is 1.43. The Morgan fingerprint density at radius 3 is 2.67 bits per heavy atom. The van der Waals surface area contributed by atoms with Crippen LogP contribution in [0.25, 0.3) is 0 Å². The normalized spacial score (nSPS) is 12.1. The van der Waals surface area contributed by atoms with E-state index >= 15 is 0 Å². The highest BCUT2D eigenvalue weighted by molar-refractivity contribution is 5.77. The monoisotopic (exact) mass is 254 g/mol. The number of carbonyl (C=O) groups is 1. The number of nitrogens with two attached hydrogens (primary N) is 1. The van der Waals surface area contributed by atoms with Crippen LogP contribution in [0.15, 0.2) is 18.2 Å². The van der Waals surface area contributed by atoms with Gasteiger partial charge in [-0.3, -0.25) is 4.79 Å². The van der Waals surface area contributed by atoms with Gasteiger partial charge in [0.15, 0.2) is 18.2 Å². The van der Waals surface area contributed by atoms with Gasteiger partial charge in [0.25, 0.3) is 5.91 Å². The largest absolute Gasteiger partial charge is 0.481 e. The fraction of sp³-hybridized carbons (Fsp3) is 0.462. The van der Waals surface area contributed by atoms with Crippen molar-refractivity contribution < 1.29 is 13.9 Å². The third-order valence-electron chi connectivity index (χ3n) is 2.40. The average Bonchev–Trinajstić information content (AvgIpc) is 2.26. The average molecular weight is 254 g/mol. The van der Waals surface area contributed by atoms with Gasteiger partial charge in [-0.25, -0.2) is 4.39 Å². The molecule has 1 unspecified atom stereocenters. The highest BCUT2D eigenvalue weighted by Gasteiger charge is 2.09. The maximum atomic E-state index is 13.7. The van der Waals surface area contributed by atoms with Crippen molar-refractivity contribution in [2.24, 2.45) is 5.73 Å². The predicted octanol–water partition coefficient (Wildman–Crippen LogP) is 1.18. The van der Waals surface area contributed by atoms with Crippen LogP contribution in [0.3, 0.4) is 0 Å². The third-order valence-corrected chi connectivity index (χ3v) is 2.40. The van der Waals surface area contributed by atoms with Crippen LogP contribution < -0.4 is 10.5 Å². The molecular weight excluding hydrogens is 235 g/mol. The maximum absolute atomic E-state index is 13.7. The first-order valence-corrected chi connectivity index (χ1v) is 5.77. The highest BCUT2D eigenvalue weighted by Crippen LogP contribution is 2.19. The Bertz CT molecular complexity index is 419. The Morgan fingerprint density at radius 1 is 1.50 bits per heavy atom. The van der Waals surface area contributed by atoms with Crippen LogP contribution in [0.1, 0.15) is 12.5 Å². The number of amides is 1. The summed E-state index contributed by atoms with van der Waals surface area (Å²) in [6, 6.07) is 4.64. The number of hydrogen-bond acceptors (Lipinski definition) is 3. The molecule has 0 aliphatic carbocycles. The van der Waals surface area contributed by atoms with Crippen LogP contribution in [0.2, 0.25) is 0 Å². The molecule has 0 aliphatic heterocycles. The van der Waals surface area contributed by atoms with Gasteiger partial charge in [-0.2, -0.15) is 0 Å². The Kier molecular flexibility index (Phi) is 5.09. The molecule has 4 nitrogen and oxygen atoms in total. The van der Waals surface area contributed by atoms with Gasteiger partial charge < -0.3 is 15.4 Å². The lowest BCUT2D eigenvalue weighted by molar-refractivity contribution is -0.130. The summed E-state index contributed by atoms with van der Waals surface area (Å²) in [5.41, 5.74) is 6.45. The molecule has 100 valence electrons. The molecule has 1 aromatic carbocycles. The minimum atomic E-state index is -0.472. The molecule has 0 fully saturated rings. The first-order valence-electron chi connectivity index (χ1n) is 5.77. The Balaban J connectivity index is 2.65. The zero-order valence-electron chi connectivity index (χ0n) is 10.9. The van der Waals surface area contributed by atoms with E-state index in [9.17, 15) is 9.18 Å². The van der Waals surface area contributed by atoms with Crippen molar-refractivity contribution in [3.05, 3.63) is 29.6 Å². The second-order valence-electron chi connectivity index (χ2n) is 4.52. The summed E-state index contributed by atoms with van der Waals surface area (Å²) in [7, 11) is 3.24. The van der Waals surface area contributed by atoms with Crippen molar-refractivity contribution in [1.29, 1.82) is 0 Å². The maximum Gasteiger partial charge on any atom is 0.259 e. The van der Waals surface area contributed by atoms with Crippen molar-refractivity contribution in [2.45, 2.75) is 19.4 Å². The van der Waals surface area contributed by atoms with Gasteiger partial charge in [-0.05, 0) is 31.0 Å². The smallest absolute Gasteiger partial charge is 0.259 e. The molecule has 0 saturated carbocycles. The topological polar surface area (TPSA) is 55.6 Å². The van der Waals surface area contributed by atoms with E-state index in [4.69, 9.17) is 10.5 Å². The van der Waals surface area contributed by atoms with E-state index in [0.717, 1.165) is 5.56 Å². The molecule has 0 aliphatic rings. The highest BCUT2D eigenvalue weighted by atomic mass is 19.1. The zero-order chi connectivity index (χ0) is 13.7. The molecule has 18 heavy (non-hydrogen) atoms. The van der Waals surface area contributed by atoms with Crippen LogP contribution in [0.5, 0.6) is 5.75 Å². The molecule has 0 spiro atoms. The summed E-state index contributed by atoms with van der Waals surface area (Å²) in [5, 5.41) is 0. The summed E-state index contributed by atoms with van der Waals surface area (Å²) in [5.74, 6) is -0.604. The van der Waals surface area contributed by atoms with Gasteiger partial charge in [0.05, 0.1) is 0 Å². The lowest BCUT2D eigenvalue weighted by Crippen LogP contribution is -2.27. The number of rotatable bonds is 5. The lowest BCUT2D eigenvalue weighted by atomic mass is 10.1. The number of carbonyl (C=O) groups excluding carboxylic acids is 1. The van der Waals surface area contributed by atoms with Gasteiger partial charge in [0.1, 0.15) is 0 Å². The summed E-state index contributed by atoms with van der Waals surface area (Å²) in [6.45, 7) is 1.69. The second kappa shape index (κ2) is 6.35. The van der Waals surface area contributed by atoms with Gasteiger partial charge in [0, 0.05) is 20.1 Å². The molecule has 0 heterocycles. The molecule has 0 bridgehead atoms. The molecule has 0 aromatic heterocycles. The van der Waals surface area contributed by atoms with Crippen molar-refractivity contribution >= 4 is 5.91 Å². The minimum absolute atomic E-state index is 0.0218. The number of likely N-dealkylation sites (N-methyl/N-ethyl adjacent to an activating group) is 1. The van der Waals surface area contributed by atoms with E-state index in [1.807, 2.05) is 6.92 Å². The number of halogens is 1. The van der Waals surface area contributed by atoms with E-state index in [1.165, 1.54) is 17.0 Å². The zero-order valence-corrected chi connectivity index (χ0v) is 10.9. The van der Waals surface area contributed by atoms with Crippen molar-refractivity contribution in [2.75, 3.05) is 20.7 Å². The van der Waals surface area contributed by atoms with Crippen molar-refractivity contribution in [3.8, 4) is 5.75 Å². The third kappa shape index (κ3) is 4.33. The van der Waals surface area contributed by atoms with Crippen molar-refractivity contribution in [1.82, 2.24) is 4.90 Å². The van der Waals surface area contributed by atoms with Gasteiger partial charge in [-0.15, -0.1) is 0 Å². The molecule has 2 N–H and O–H groups in total. The van der Waals surface area contributed by atoms with E-state index < -0.39 is 5.82 Å². The summed E-state index contributed by atoms with van der Waals surface area (Å²) in [4.78, 5) is 12.7. The second-order valence-corrected chi connectivity index (χ2v) is 4.52. The van der Waals surface area contributed by atoms with E-state index in [-0.39, 0.29) is 24.3 Å². The number of nitrogens with zero attached hydrogens (tertiary/aromatic N) is 1. The van der Waals surface area contributed by atoms with Crippen LogP contribution in [-0.2, 0) is 11.2 Å². The molecule has 1 amide bonds. The molecular formula is C13H19FN2O2. The predicted molar refractivity (Wildman–Crippen MR) is 67.9 cm³/mol. The van der Waals surface area contributed by atoms with Gasteiger partial charge >= 0.3 is 0 Å². The number of hydrogen-bond donors (Lipinski definition) is 1. The Hall–Kier alpha value is -1.62. The summed E-state index contributed by atoms with van der Waals surface area (Å²) >= 11 is 0. The fourth-order valence-corrected chi connectivity index (χ4v) is 1.43. The minimum Gasteiger partial charge on any atom is -0.481 e. The van der Waals surface area contributed by atoms with Crippen LogP contribution in [-0.4, -0.2) is 37.6 Å². The first kappa shape index (κ1) is 14.4. The SMILES string of the molecule is CC(N)Cc1ccc(OCC(=O)N(C)C)c(F)c1. The van der Waals surface area contributed by atoms with Gasteiger partial charge in [0.2, 0.25) is 0 Å². The summed E-state index contributed by atoms with van der Waals surface area (Å²) < 4.78 is 18.8. The molecule has 1 atom stereocenters. The van der Waals surface area contributed by atoms with E-state index in [0.29, 0.717) is 6.42 Å². The van der Waals surface area contributed by atoms with Crippen molar-refractivity contribution in [3.63, 3.8) is 0 Å². The number of benzene rings is 1. The Morgan fingerprint density at radius 2 is 2.17 bits per heavy atom. The first-order chi connectivity index (χ1) is 8.40. The van der Waals surface area contributed by atoms with Crippen LogP contribution in [0, 0.1) is 5.82 Å². The Labute approximate surface area is 107 Å². The standard InChI is InChI=1S/C13H19FN2O2/c1-9(15)6-10-4-5-12(11(14)7-10)18-8-13(17)16(2)3/h4-5,7,9H,6,8,15H2,1-3H3. The molecule has 0 radical (unpaired) electrons. The molecule has 5 heteroatoms. The van der Waals surface area contributed by atoms with E-state index in [1.54, 1.807) is 20.2 Å². The quantitative estimate of drug-likeness (QED) is 0.858. The molecule has 1 aromatic rings. The molecule has 1 rings (SSSR count). The van der Waals surface area contributed by atoms with Crippen LogP contribution in [0.4, 0.5) is 4.39 Å². The van der Waals surface area contributed by atoms with Crippen LogP contribution >= 0.6 is 0 Å².